The normalized spacial score (nSPS) is 10.6. The van der Waals surface area contributed by atoms with Crippen LogP contribution in [0.2, 0.25) is 5.02 Å². The third-order valence-electron chi connectivity index (χ3n) is 3.48. The van der Waals surface area contributed by atoms with Gasteiger partial charge in [0.15, 0.2) is 0 Å². The van der Waals surface area contributed by atoms with Gasteiger partial charge in [-0.1, -0.05) is 35.0 Å². The van der Waals surface area contributed by atoms with Crippen LogP contribution in [0, 0.1) is 6.92 Å². The Labute approximate surface area is 145 Å². The zero-order valence-electron chi connectivity index (χ0n) is 12.9. The lowest BCUT2D eigenvalue weighted by molar-refractivity contribution is 0.102. The first-order valence-corrected chi connectivity index (χ1v) is 7.51. The van der Waals surface area contributed by atoms with Crippen molar-refractivity contribution in [3.05, 3.63) is 73.1 Å². The topological polar surface area (TPSA) is 123 Å². The molecule has 0 bridgehead atoms. The summed E-state index contributed by atoms with van der Waals surface area (Å²) in [7, 11) is 0. The number of hydrogen-bond donors (Lipinski definition) is 2. The molecule has 0 atom stereocenters. The fraction of sp³-hybridized carbons (Fsp3) is 0.133. The van der Waals surface area contributed by atoms with Gasteiger partial charge < -0.3 is 10.3 Å². The van der Waals surface area contributed by atoms with E-state index in [4.69, 9.17) is 11.6 Å². The molecular formula is C15H12ClN5O4. The van der Waals surface area contributed by atoms with Crippen LogP contribution >= 0.6 is 11.6 Å². The first-order valence-electron chi connectivity index (χ1n) is 7.14. The van der Waals surface area contributed by atoms with Crippen molar-refractivity contribution in [2.45, 2.75) is 13.5 Å². The number of benzene rings is 1. The molecule has 0 aliphatic rings. The van der Waals surface area contributed by atoms with Crippen LogP contribution in [0.15, 0.2) is 44.7 Å². The van der Waals surface area contributed by atoms with Gasteiger partial charge in [-0.2, -0.15) is 0 Å². The molecule has 0 aliphatic carbocycles. The number of halogens is 1. The number of amides is 1. The summed E-state index contributed by atoms with van der Waals surface area (Å²) in [6.45, 7) is 1.51. The molecule has 1 amide bonds. The van der Waals surface area contributed by atoms with Crippen LogP contribution < -0.4 is 16.6 Å². The van der Waals surface area contributed by atoms with Crippen LogP contribution in [0.4, 0.5) is 5.82 Å². The molecule has 0 fully saturated rings. The molecular weight excluding hydrogens is 350 g/mol. The summed E-state index contributed by atoms with van der Waals surface area (Å²) in [6, 6.07) is 6.80. The van der Waals surface area contributed by atoms with Crippen LogP contribution in [-0.4, -0.2) is 25.8 Å². The van der Waals surface area contributed by atoms with Gasteiger partial charge in [0.05, 0.1) is 6.54 Å². The predicted octanol–water partition coefficient (Wildman–Crippen LogP) is 1.18. The number of nitrogens with zero attached hydrogens (tertiary/aromatic N) is 3. The predicted molar refractivity (Wildman–Crippen MR) is 88.9 cm³/mol. The van der Waals surface area contributed by atoms with Gasteiger partial charge in [-0.05, 0) is 23.7 Å². The molecule has 0 aliphatic heterocycles. The number of rotatable bonds is 4. The quantitative estimate of drug-likeness (QED) is 0.719. The van der Waals surface area contributed by atoms with Crippen LogP contribution in [0.25, 0.3) is 0 Å². The Morgan fingerprint density at radius 1 is 1.32 bits per heavy atom. The SMILES string of the molecule is Cc1nonc1NC(=O)c1c[nH]c(=O)n(Cc2ccccc2Cl)c1=O. The minimum atomic E-state index is -0.754. The second kappa shape index (κ2) is 6.73. The van der Waals surface area contributed by atoms with Crippen LogP contribution in [-0.2, 0) is 6.54 Å². The Morgan fingerprint density at radius 2 is 2.08 bits per heavy atom. The van der Waals surface area contributed by atoms with Crippen LogP contribution in [0.3, 0.4) is 0 Å². The number of aryl methyl sites for hydroxylation is 1. The molecule has 0 saturated carbocycles. The molecule has 0 radical (unpaired) electrons. The van der Waals surface area contributed by atoms with Crippen molar-refractivity contribution in [1.82, 2.24) is 19.9 Å². The van der Waals surface area contributed by atoms with Crippen molar-refractivity contribution in [2.24, 2.45) is 0 Å². The third-order valence-corrected chi connectivity index (χ3v) is 3.84. The lowest BCUT2D eigenvalue weighted by Gasteiger charge is -2.08. The van der Waals surface area contributed by atoms with Crippen molar-refractivity contribution >= 4 is 23.3 Å². The highest BCUT2D eigenvalue weighted by Crippen LogP contribution is 2.15. The van der Waals surface area contributed by atoms with E-state index in [0.29, 0.717) is 16.3 Å². The summed E-state index contributed by atoms with van der Waals surface area (Å²) in [5.74, 6) is -0.652. The zero-order valence-corrected chi connectivity index (χ0v) is 13.7. The fourth-order valence-electron chi connectivity index (χ4n) is 2.13. The number of hydrogen-bond acceptors (Lipinski definition) is 6. The highest BCUT2D eigenvalue weighted by atomic mass is 35.5. The smallest absolute Gasteiger partial charge is 0.313 e. The summed E-state index contributed by atoms with van der Waals surface area (Å²) >= 11 is 6.06. The lowest BCUT2D eigenvalue weighted by atomic mass is 10.2. The van der Waals surface area contributed by atoms with Crippen molar-refractivity contribution < 1.29 is 9.42 Å². The molecule has 0 unspecified atom stereocenters. The fourth-order valence-corrected chi connectivity index (χ4v) is 2.33. The van der Waals surface area contributed by atoms with E-state index in [1.807, 2.05) is 0 Å². The molecule has 0 spiro atoms. The highest BCUT2D eigenvalue weighted by Gasteiger charge is 2.18. The monoisotopic (exact) mass is 361 g/mol. The van der Waals surface area contributed by atoms with Gasteiger partial charge in [0.1, 0.15) is 11.3 Å². The molecule has 10 heteroatoms. The number of nitrogens with one attached hydrogen (secondary N) is 2. The maximum Gasteiger partial charge on any atom is 0.328 e. The largest absolute Gasteiger partial charge is 0.328 e. The minimum Gasteiger partial charge on any atom is -0.313 e. The summed E-state index contributed by atoms with van der Waals surface area (Å²) in [5, 5.41) is 9.85. The molecule has 3 aromatic rings. The summed E-state index contributed by atoms with van der Waals surface area (Å²) < 4.78 is 5.37. The summed E-state index contributed by atoms with van der Waals surface area (Å²) in [5.41, 5.74) is -0.731. The first kappa shape index (κ1) is 16.7. The lowest BCUT2D eigenvalue weighted by Crippen LogP contribution is -2.39. The van der Waals surface area contributed by atoms with Gasteiger partial charge in [0.2, 0.25) is 5.82 Å². The van der Waals surface area contributed by atoms with E-state index in [1.54, 1.807) is 31.2 Å². The van der Waals surface area contributed by atoms with E-state index in [2.05, 4.69) is 25.2 Å². The maximum atomic E-state index is 12.5. The molecule has 0 saturated heterocycles. The van der Waals surface area contributed by atoms with Gasteiger partial charge in [-0.15, -0.1) is 0 Å². The van der Waals surface area contributed by atoms with E-state index in [0.717, 1.165) is 10.8 Å². The summed E-state index contributed by atoms with van der Waals surface area (Å²) in [6.07, 6.45) is 1.05. The molecule has 128 valence electrons. The second-order valence-corrected chi connectivity index (χ2v) is 5.55. The Morgan fingerprint density at radius 3 is 2.76 bits per heavy atom. The molecule has 3 rings (SSSR count). The van der Waals surface area contributed by atoms with Crippen molar-refractivity contribution in [3.8, 4) is 0 Å². The number of carbonyl (C=O) groups excluding carboxylic acids is 1. The van der Waals surface area contributed by atoms with Gasteiger partial charge in [0.25, 0.3) is 11.5 Å². The highest BCUT2D eigenvalue weighted by molar-refractivity contribution is 6.31. The van der Waals surface area contributed by atoms with Gasteiger partial charge in [-0.3, -0.25) is 14.2 Å². The standard InChI is InChI=1S/C15H12ClN5O4/c1-8-12(20-25-19-8)18-13(22)10-6-17-15(24)21(14(10)23)7-9-4-2-3-5-11(9)16/h2-6H,7H2,1H3,(H,17,24)(H,18,20,22). The molecule has 2 N–H and O–H groups in total. The zero-order chi connectivity index (χ0) is 18.0. The Bertz CT molecular complexity index is 1050. The molecule has 25 heavy (non-hydrogen) atoms. The molecule has 2 heterocycles. The Kier molecular flexibility index (Phi) is 4.48. The van der Waals surface area contributed by atoms with Crippen molar-refractivity contribution in [2.75, 3.05) is 5.32 Å². The van der Waals surface area contributed by atoms with E-state index in [9.17, 15) is 14.4 Å². The minimum absolute atomic E-state index is 0.0699. The van der Waals surface area contributed by atoms with Crippen molar-refractivity contribution in [1.29, 1.82) is 0 Å². The molecule has 2 aromatic heterocycles. The number of aromatic amines is 1. The molecule has 1 aromatic carbocycles. The number of H-pyrrole nitrogens is 1. The number of aromatic nitrogens is 4. The van der Waals surface area contributed by atoms with E-state index >= 15 is 0 Å². The number of anilines is 1. The van der Waals surface area contributed by atoms with E-state index < -0.39 is 17.2 Å². The van der Waals surface area contributed by atoms with Crippen molar-refractivity contribution in [3.63, 3.8) is 0 Å². The maximum absolute atomic E-state index is 12.5. The van der Waals surface area contributed by atoms with E-state index in [1.165, 1.54) is 0 Å². The average Bonchev–Trinajstić information content (AvgIpc) is 2.98. The Balaban J connectivity index is 1.96. The van der Waals surface area contributed by atoms with Gasteiger partial charge >= 0.3 is 5.69 Å². The summed E-state index contributed by atoms with van der Waals surface area (Å²) in [4.78, 5) is 39.2. The molecule has 9 nitrogen and oxygen atoms in total. The third kappa shape index (κ3) is 3.36. The van der Waals surface area contributed by atoms with Gasteiger partial charge in [-0.25, -0.2) is 9.42 Å². The number of carbonyl (C=O) groups is 1. The second-order valence-electron chi connectivity index (χ2n) is 5.14. The van der Waals surface area contributed by atoms with Crippen LogP contribution in [0.1, 0.15) is 21.6 Å². The van der Waals surface area contributed by atoms with Gasteiger partial charge in [0, 0.05) is 11.2 Å². The average molecular weight is 362 g/mol. The van der Waals surface area contributed by atoms with E-state index in [-0.39, 0.29) is 17.9 Å². The first-order chi connectivity index (χ1) is 12.0. The Hall–Kier alpha value is -3.20. The van der Waals surface area contributed by atoms with Crippen LogP contribution in [0.5, 0.6) is 0 Å².